The molecule has 0 aromatic carbocycles. The van der Waals surface area contributed by atoms with Gasteiger partial charge < -0.3 is 86.8 Å². The molecule has 3 aliphatic rings. The highest BCUT2D eigenvalue weighted by Crippen LogP contribution is 2.31. The van der Waals surface area contributed by atoms with E-state index in [-0.39, 0.29) is 49.3 Å². The summed E-state index contributed by atoms with van der Waals surface area (Å²) in [5.74, 6) is -3.18. The Kier molecular flexibility index (Phi) is 17.9. The molecule has 3 saturated heterocycles. The van der Waals surface area contributed by atoms with Gasteiger partial charge in [-0.05, 0) is 32.6 Å². The Balaban J connectivity index is 1.29. The first kappa shape index (κ1) is 50.5. The highest BCUT2D eigenvalue weighted by molar-refractivity contribution is 5.89. The summed E-state index contributed by atoms with van der Waals surface area (Å²) in [5.41, 5.74) is 4.90. The number of aromatic amines is 1. The predicted molar refractivity (Wildman–Crippen MR) is 217 cm³/mol. The molecule has 4 amide bonds. The van der Waals surface area contributed by atoms with Gasteiger partial charge in [0.1, 0.15) is 73.1 Å². The fraction of sp³-hybridized carbons (Fsp3) is 0.763. The zero-order valence-electron chi connectivity index (χ0n) is 35.6. The van der Waals surface area contributed by atoms with Crippen molar-refractivity contribution in [2.75, 3.05) is 25.4 Å². The lowest BCUT2D eigenvalue weighted by Crippen LogP contribution is -2.65. The number of unbranched alkanes of at least 4 members (excludes halogenated alkanes) is 3. The van der Waals surface area contributed by atoms with E-state index in [1.165, 1.54) is 17.8 Å². The molecule has 360 valence electrons. The van der Waals surface area contributed by atoms with Crippen molar-refractivity contribution in [1.82, 2.24) is 40.8 Å². The third kappa shape index (κ3) is 11.9. The second kappa shape index (κ2) is 22.6. The third-order valence-electron chi connectivity index (χ3n) is 11.4. The number of amides is 4. The largest absolute Gasteiger partial charge is 0.394 e. The minimum Gasteiger partial charge on any atom is -0.394 e. The number of hydrogen-bond acceptors (Lipinski definition) is 20. The molecule has 64 heavy (non-hydrogen) atoms. The van der Waals surface area contributed by atoms with Crippen molar-refractivity contribution < 1.29 is 79.0 Å². The number of aliphatic hydroxyl groups is 8. The summed E-state index contributed by atoms with van der Waals surface area (Å²) in [4.78, 5) is 75.6. The van der Waals surface area contributed by atoms with Crippen molar-refractivity contribution in [3.63, 3.8) is 0 Å². The van der Waals surface area contributed by atoms with Crippen LogP contribution in [0.1, 0.15) is 71.9 Å². The highest BCUT2D eigenvalue weighted by Gasteiger charge is 2.48. The number of aliphatic hydroxyl groups excluding tert-OH is 8. The molecule has 5 heterocycles. The average molecular weight is 916 g/mol. The number of carbonyl (C=O) groups is 4. The summed E-state index contributed by atoms with van der Waals surface area (Å²) in [6.45, 7) is 3.39. The SMILES string of the molecule is CCCCCC(O[C@@H]1O[C@H](CO)[C@@H](O)[C@H](O)[C@H]1NC(C)=O)C(=O)N[C@@H](CCCCNC(=O)[C@H]1O[C@@H](C)[C@@H](O)[C@@H](O)[C@@H]1O)C(=O)NC[C@H]1O[C@@H](n2cnc3c(=O)[nH]c(N)nc32)[C@H](O)[C@@H]1O. The van der Waals surface area contributed by atoms with Crippen molar-refractivity contribution in [3.05, 3.63) is 16.7 Å². The first-order chi connectivity index (χ1) is 30.4. The van der Waals surface area contributed by atoms with E-state index in [1.807, 2.05) is 6.92 Å². The summed E-state index contributed by atoms with van der Waals surface area (Å²) < 4.78 is 24.3. The number of imidazole rings is 1. The Hall–Kier alpha value is -4.45. The van der Waals surface area contributed by atoms with Crippen molar-refractivity contribution in [3.8, 4) is 0 Å². The molecule has 0 aliphatic carbocycles. The molecule has 16 atom stereocenters. The zero-order valence-corrected chi connectivity index (χ0v) is 35.6. The van der Waals surface area contributed by atoms with Gasteiger partial charge in [0, 0.05) is 20.0 Å². The van der Waals surface area contributed by atoms with Crippen LogP contribution in [0.25, 0.3) is 11.2 Å². The number of ether oxygens (including phenoxy) is 4. The number of nitrogens with zero attached hydrogens (tertiary/aromatic N) is 3. The molecule has 26 nitrogen and oxygen atoms in total. The van der Waals surface area contributed by atoms with Crippen LogP contribution in [0.5, 0.6) is 0 Å². The molecule has 1 unspecified atom stereocenters. The molecular formula is C38H61N9O17. The average Bonchev–Trinajstić information content (AvgIpc) is 3.80. The maximum Gasteiger partial charge on any atom is 0.280 e. The van der Waals surface area contributed by atoms with Crippen LogP contribution >= 0.6 is 0 Å². The predicted octanol–water partition coefficient (Wildman–Crippen LogP) is -6.01. The Morgan fingerprint density at radius 3 is 2.27 bits per heavy atom. The standard InChI is InChI=1S/C38H61N9O17/c1-4-5-6-10-18(63-37-21(43-16(3)49)26(53)25(52)20(13-48)64-37)33(58)44-17(9-7-8-11-40-35(60)30-28(55)27(54)23(50)15(2)61-30)32(57)41-12-19-24(51)29(56)36(62-19)47-14-42-22-31(47)45-38(39)46-34(22)59/h14-15,17-21,23-30,36-37,48,50-56H,4-13H2,1-3H3,(H,40,60)(H,41,57)(H,43,49)(H,44,58)(H3,39,45,46,59)/t15-,17-,18?,19+,20+,21+,23+,24+,25+,26+,27+,28-,29+,30-,36+,37+/m0/s1. The molecular weight excluding hydrogens is 854 g/mol. The fourth-order valence-corrected chi connectivity index (χ4v) is 7.76. The van der Waals surface area contributed by atoms with Crippen LogP contribution in [0.4, 0.5) is 5.95 Å². The number of H-pyrrole nitrogens is 1. The van der Waals surface area contributed by atoms with E-state index in [9.17, 15) is 64.8 Å². The molecule has 0 bridgehead atoms. The maximum atomic E-state index is 14.1. The molecule has 26 heteroatoms. The van der Waals surface area contributed by atoms with E-state index in [0.29, 0.717) is 12.8 Å². The number of nitrogens with two attached hydrogens (primary N) is 1. The lowest BCUT2D eigenvalue weighted by Gasteiger charge is -2.43. The second-order valence-corrected chi connectivity index (χ2v) is 16.2. The van der Waals surface area contributed by atoms with Gasteiger partial charge in [-0.25, -0.2) is 4.98 Å². The van der Waals surface area contributed by atoms with Crippen molar-refractivity contribution in [2.45, 2.75) is 164 Å². The number of hydrogen-bond donors (Lipinski definition) is 14. The number of nitrogen functional groups attached to an aromatic ring is 1. The Bertz CT molecular complexity index is 1960. The molecule has 5 rings (SSSR count). The molecule has 2 aromatic rings. The zero-order chi connectivity index (χ0) is 47.0. The van der Waals surface area contributed by atoms with Crippen LogP contribution < -0.4 is 32.6 Å². The van der Waals surface area contributed by atoms with Crippen LogP contribution in [0.2, 0.25) is 0 Å². The summed E-state index contributed by atoms with van der Waals surface area (Å²) in [7, 11) is 0. The molecule has 0 radical (unpaired) electrons. The van der Waals surface area contributed by atoms with Gasteiger partial charge in [-0.1, -0.05) is 26.2 Å². The van der Waals surface area contributed by atoms with E-state index in [1.54, 1.807) is 0 Å². The van der Waals surface area contributed by atoms with E-state index >= 15 is 0 Å². The summed E-state index contributed by atoms with van der Waals surface area (Å²) in [6, 6.07) is -2.68. The molecule has 3 aliphatic heterocycles. The van der Waals surface area contributed by atoms with Crippen molar-refractivity contribution >= 4 is 40.7 Å². The quantitative estimate of drug-likeness (QED) is 0.0550. The van der Waals surface area contributed by atoms with Gasteiger partial charge in [-0.2, -0.15) is 4.98 Å². The smallest absolute Gasteiger partial charge is 0.280 e. The van der Waals surface area contributed by atoms with Gasteiger partial charge in [0.05, 0.1) is 19.0 Å². The van der Waals surface area contributed by atoms with Crippen LogP contribution in [-0.2, 0) is 38.1 Å². The first-order valence-corrected chi connectivity index (χ1v) is 21.2. The molecule has 0 saturated carbocycles. The minimum absolute atomic E-state index is 0.00390. The number of rotatable bonds is 20. The Morgan fingerprint density at radius 2 is 1.58 bits per heavy atom. The monoisotopic (exact) mass is 915 g/mol. The van der Waals surface area contributed by atoms with Gasteiger partial charge in [0.2, 0.25) is 23.7 Å². The summed E-state index contributed by atoms with van der Waals surface area (Å²) in [5, 5.41) is 93.8. The minimum atomic E-state index is -1.70. The van der Waals surface area contributed by atoms with Gasteiger partial charge in [-0.3, -0.25) is 33.5 Å². The lowest BCUT2D eigenvalue weighted by atomic mass is 9.95. The number of anilines is 1. The van der Waals surface area contributed by atoms with E-state index < -0.39 is 140 Å². The van der Waals surface area contributed by atoms with Crippen molar-refractivity contribution in [2.24, 2.45) is 0 Å². The Morgan fingerprint density at radius 1 is 0.875 bits per heavy atom. The fourth-order valence-electron chi connectivity index (χ4n) is 7.76. The number of fused-ring (bicyclic) bond motifs is 1. The van der Waals surface area contributed by atoms with Crippen LogP contribution in [-0.4, -0.2) is 195 Å². The normalized spacial score (nSPS) is 32.7. The highest BCUT2D eigenvalue weighted by atomic mass is 16.7. The molecule has 3 fully saturated rings. The molecule has 2 aromatic heterocycles. The summed E-state index contributed by atoms with van der Waals surface area (Å²) >= 11 is 0. The van der Waals surface area contributed by atoms with Crippen LogP contribution in [0.15, 0.2) is 11.1 Å². The molecule has 15 N–H and O–H groups in total. The number of aromatic nitrogens is 4. The summed E-state index contributed by atoms with van der Waals surface area (Å²) in [6.07, 6.45) is -16.9. The van der Waals surface area contributed by atoms with Gasteiger partial charge in [0.25, 0.3) is 11.5 Å². The maximum absolute atomic E-state index is 14.1. The molecule has 0 spiro atoms. The lowest BCUT2D eigenvalue weighted by molar-refractivity contribution is -0.279. The van der Waals surface area contributed by atoms with Gasteiger partial charge in [0.15, 0.2) is 29.8 Å². The number of nitrogens with one attached hydrogen (secondary N) is 5. The topological polar surface area (TPSA) is 405 Å². The second-order valence-electron chi connectivity index (χ2n) is 16.2. The van der Waals surface area contributed by atoms with E-state index in [0.717, 1.165) is 13.3 Å². The van der Waals surface area contributed by atoms with E-state index in [4.69, 9.17) is 24.7 Å². The van der Waals surface area contributed by atoms with Gasteiger partial charge >= 0.3 is 0 Å². The van der Waals surface area contributed by atoms with Crippen LogP contribution in [0.3, 0.4) is 0 Å². The first-order valence-electron chi connectivity index (χ1n) is 21.2. The van der Waals surface area contributed by atoms with E-state index in [2.05, 4.69) is 36.2 Å². The third-order valence-corrected chi connectivity index (χ3v) is 11.4. The van der Waals surface area contributed by atoms with Crippen LogP contribution in [0, 0.1) is 0 Å². The van der Waals surface area contributed by atoms with Crippen molar-refractivity contribution in [1.29, 1.82) is 0 Å². The Labute approximate surface area is 365 Å². The number of carbonyl (C=O) groups excluding carboxylic acids is 4. The van der Waals surface area contributed by atoms with Gasteiger partial charge in [-0.15, -0.1) is 0 Å².